The summed E-state index contributed by atoms with van der Waals surface area (Å²) in [5.41, 5.74) is 2.80. The monoisotopic (exact) mass is 376 g/mol. The van der Waals surface area contributed by atoms with E-state index in [-0.39, 0.29) is 22.5 Å². The number of hydrogen-bond donors (Lipinski definition) is 1. The number of H-pyrrole nitrogens is 1. The number of carbonyl (C=O) groups is 1. The maximum atomic E-state index is 12.6. The van der Waals surface area contributed by atoms with Crippen molar-refractivity contribution in [2.45, 2.75) is 19.5 Å². The number of para-hydroxylation sites is 1. The van der Waals surface area contributed by atoms with E-state index >= 15 is 0 Å². The van der Waals surface area contributed by atoms with Crippen molar-refractivity contribution in [2.24, 2.45) is 0 Å². The van der Waals surface area contributed by atoms with Crippen molar-refractivity contribution in [3.63, 3.8) is 0 Å². The molecule has 3 heterocycles. The molecule has 1 aliphatic rings. The second-order valence-corrected chi connectivity index (χ2v) is 6.75. The number of amides is 1. The Kier molecular flexibility index (Phi) is 4.01. The lowest BCUT2D eigenvalue weighted by molar-refractivity contribution is -0.133. The summed E-state index contributed by atoms with van der Waals surface area (Å²) in [5, 5.41) is 4.97. The third-order valence-electron chi connectivity index (χ3n) is 4.46. The number of benzene rings is 1. The zero-order valence-corrected chi connectivity index (χ0v) is 14.6. The number of aromatic amines is 1. The van der Waals surface area contributed by atoms with Crippen molar-refractivity contribution in [3.05, 3.63) is 62.1 Å². The molecule has 0 bridgehead atoms. The number of nitrogens with zero attached hydrogens (tertiary/aromatic N) is 3. The fourth-order valence-electron chi connectivity index (χ4n) is 3.17. The summed E-state index contributed by atoms with van der Waals surface area (Å²) in [4.78, 5) is 29.8. The summed E-state index contributed by atoms with van der Waals surface area (Å²) in [6.07, 6.45) is 2.02. The highest BCUT2D eigenvalue weighted by Crippen LogP contribution is 2.27. The molecule has 1 aliphatic heterocycles. The van der Waals surface area contributed by atoms with Crippen molar-refractivity contribution in [1.82, 2.24) is 19.7 Å². The number of rotatable bonds is 2. The molecule has 25 heavy (non-hydrogen) atoms. The lowest BCUT2D eigenvalue weighted by Gasteiger charge is -2.27. The van der Waals surface area contributed by atoms with E-state index in [2.05, 4.69) is 10.1 Å². The van der Waals surface area contributed by atoms with Crippen LogP contribution in [0.1, 0.15) is 11.3 Å². The highest BCUT2D eigenvalue weighted by atomic mass is 35.5. The van der Waals surface area contributed by atoms with Crippen LogP contribution in [-0.4, -0.2) is 32.1 Å². The van der Waals surface area contributed by atoms with Gasteiger partial charge in [0, 0.05) is 41.7 Å². The van der Waals surface area contributed by atoms with E-state index in [1.165, 1.54) is 6.20 Å². The van der Waals surface area contributed by atoms with Crippen LogP contribution in [-0.2, 0) is 24.3 Å². The van der Waals surface area contributed by atoms with Gasteiger partial charge in [-0.2, -0.15) is 5.10 Å². The molecular formula is C17H14Cl2N4O2. The Morgan fingerprint density at radius 3 is 2.92 bits per heavy atom. The van der Waals surface area contributed by atoms with Gasteiger partial charge in [0.1, 0.15) is 11.6 Å². The fourth-order valence-corrected chi connectivity index (χ4v) is 3.44. The van der Waals surface area contributed by atoms with Crippen molar-refractivity contribution in [1.29, 1.82) is 0 Å². The summed E-state index contributed by atoms with van der Waals surface area (Å²) in [5.74, 6) is -0.177. The molecule has 6 nitrogen and oxygen atoms in total. The number of carbonyl (C=O) groups excluding carboxylic acids is 1. The van der Waals surface area contributed by atoms with Crippen molar-refractivity contribution in [2.75, 3.05) is 6.54 Å². The first-order valence-electron chi connectivity index (χ1n) is 7.82. The molecule has 0 unspecified atom stereocenters. The van der Waals surface area contributed by atoms with Crippen LogP contribution in [0.3, 0.4) is 0 Å². The molecule has 4 rings (SSSR count). The van der Waals surface area contributed by atoms with E-state index in [1.54, 1.807) is 4.90 Å². The van der Waals surface area contributed by atoms with Gasteiger partial charge in [-0.05, 0) is 6.07 Å². The van der Waals surface area contributed by atoms with Gasteiger partial charge in [0.25, 0.3) is 5.56 Å². The van der Waals surface area contributed by atoms with Crippen LogP contribution in [0.5, 0.6) is 0 Å². The Bertz CT molecular complexity index is 1040. The summed E-state index contributed by atoms with van der Waals surface area (Å²) < 4.78 is 1.04. The van der Waals surface area contributed by atoms with E-state index in [1.807, 2.05) is 24.3 Å². The van der Waals surface area contributed by atoms with Gasteiger partial charge in [0.15, 0.2) is 0 Å². The molecule has 0 atom stereocenters. The zero-order valence-electron chi connectivity index (χ0n) is 13.1. The van der Waals surface area contributed by atoms with E-state index < -0.39 is 5.56 Å². The molecule has 0 saturated carbocycles. The van der Waals surface area contributed by atoms with Gasteiger partial charge in [0.05, 0.1) is 11.2 Å². The topological polar surface area (TPSA) is 71.0 Å². The molecule has 8 heteroatoms. The number of halogens is 2. The SMILES string of the molecule is O=C(Cn1ncc(Cl)c(Cl)c1=O)N1CCc2[nH]c3ccccc3c2C1. The molecule has 0 radical (unpaired) electrons. The molecule has 0 saturated heterocycles. The van der Waals surface area contributed by atoms with Crippen LogP contribution in [0.4, 0.5) is 0 Å². The minimum absolute atomic E-state index is 0.0803. The Morgan fingerprint density at radius 2 is 2.08 bits per heavy atom. The van der Waals surface area contributed by atoms with Crippen LogP contribution < -0.4 is 5.56 Å². The summed E-state index contributed by atoms with van der Waals surface area (Å²) in [7, 11) is 0. The highest BCUT2D eigenvalue weighted by molar-refractivity contribution is 6.41. The summed E-state index contributed by atoms with van der Waals surface area (Å²) in [6.45, 7) is 0.941. The largest absolute Gasteiger partial charge is 0.358 e. The Hall–Kier alpha value is -2.31. The smallest absolute Gasteiger partial charge is 0.287 e. The van der Waals surface area contributed by atoms with E-state index in [0.29, 0.717) is 13.1 Å². The van der Waals surface area contributed by atoms with Gasteiger partial charge in [-0.15, -0.1) is 0 Å². The molecule has 0 spiro atoms. The molecule has 1 aromatic carbocycles. The first-order valence-corrected chi connectivity index (χ1v) is 8.57. The Balaban J connectivity index is 1.58. The van der Waals surface area contributed by atoms with Gasteiger partial charge in [-0.1, -0.05) is 41.4 Å². The predicted octanol–water partition coefficient (Wildman–Crippen LogP) is 2.62. The molecule has 0 fully saturated rings. The van der Waals surface area contributed by atoms with Crippen molar-refractivity contribution >= 4 is 40.0 Å². The Morgan fingerprint density at radius 1 is 1.28 bits per heavy atom. The summed E-state index contributed by atoms with van der Waals surface area (Å²) in [6, 6.07) is 8.04. The van der Waals surface area contributed by atoms with Crippen LogP contribution in [0, 0.1) is 0 Å². The van der Waals surface area contributed by atoms with Gasteiger partial charge in [-0.25, -0.2) is 4.68 Å². The standard InChI is InChI=1S/C17H14Cl2N4O2/c18-12-7-20-23(17(25)16(12)19)9-15(24)22-6-5-14-11(8-22)10-3-1-2-4-13(10)21-14/h1-4,7,21H,5-6,8-9H2. The number of aromatic nitrogens is 3. The molecule has 0 aliphatic carbocycles. The van der Waals surface area contributed by atoms with Crippen LogP contribution in [0.15, 0.2) is 35.3 Å². The van der Waals surface area contributed by atoms with Gasteiger partial charge >= 0.3 is 0 Å². The third-order valence-corrected chi connectivity index (χ3v) is 5.21. The lowest BCUT2D eigenvalue weighted by atomic mass is 10.0. The van der Waals surface area contributed by atoms with E-state index in [0.717, 1.165) is 33.3 Å². The zero-order chi connectivity index (χ0) is 17.6. The Labute approximate surface area is 153 Å². The normalized spacial score (nSPS) is 13.9. The van der Waals surface area contributed by atoms with Crippen LogP contribution in [0.25, 0.3) is 10.9 Å². The molecule has 1 amide bonds. The lowest BCUT2D eigenvalue weighted by Crippen LogP contribution is -2.40. The molecule has 128 valence electrons. The van der Waals surface area contributed by atoms with Crippen molar-refractivity contribution in [3.8, 4) is 0 Å². The quantitative estimate of drug-likeness (QED) is 0.747. The summed E-state index contributed by atoms with van der Waals surface area (Å²) >= 11 is 11.6. The fraction of sp³-hybridized carbons (Fsp3) is 0.235. The van der Waals surface area contributed by atoms with Crippen LogP contribution >= 0.6 is 23.2 Å². The number of hydrogen-bond acceptors (Lipinski definition) is 3. The maximum absolute atomic E-state index is 12.6. The number of fused-ring (bicyclic) bond motifs is 3. The number of nitrogens with one attached hydrogen (secondary N) is 1. The predicted molar refractivity (Wildman–Crippen MR) is 95.9 cm³/mol. The van der Waals surface area contributed by atoms with Crippen molar-refractivity contribution < 1.29 is 4.79 Å². The minimum Gasteiger partial charge on any atom is -0.358 e. The first-order chi connectivity index (χ1) is 12.0. The van der Waals surface area contributed by atoms with Gasteiger partial charge in [-0.3, -0.25) is 9.59 Å². The molecule has 3 aromatic rings. The minimum atomic E-state index is -0.563. The second-order valence-electron chi connectivity index (χ2n) is 5.96. The van der Waals surface area contributed by atoms with Crippen LogP contribution in [0.2, 0.25) is 10.0 Å². The average molecular weight is 377 g/mol. The maximum Gasteiger partial charge on any atom is 0.287 e. The molecular weight excluding hydrogens is 363 g/mol. The second kappa shape index (κ2) is 6.20. The first kappa shape index (κ1) is 16.2. The molecule has 2 aromatic heterocycles. The average Bonchev–Trinajstić information content (AvgIpc) is 3.00. The highest BCUT2D eigenvalue weighted by Gasteiger charge is 2.24. The van der Waals surface area contributed by atoms with Gasteiger partial charge < -0.3 is 9.88 Å². The van der Waals surface area contributed by atoms with Gasteiger partial charge in [0.2, 0.25) is 5.91 Å². The van der Waals surface area contributed by atoms with E-state index in [9.17, 15) is 9.59 Å². The van der Waals surface area contributed by atoms with E-state index in [4.69, 9.17) is 23.2 Å². The third kappa shape index (κ3) is 2.81. The molecule has 1 N–H and O–H groups in total.